The molecule has 7 nitrogen and oxygen atoms in total. The molecule has 0 unspecified atom stereocenters. The Balaban J connectivity index is 1.66. The van der Waals surface area contributed by atoms with E-state index in [1.807, 2.05) is 24.3 Å². The second-order valence-corrected chi connectivity index (χ2v) is 6.04. The number of anilines is 2. The van der Waals surface area contributed by atoms with Crippen molar-refractivity contribution in [2.45, 2.75) is 13.5 Å². The number of rotatable bonds is 7. The van der Waals surface area contributed by atoms with Crippen LogP contribution in [0.4, 0.5) is 11.5 Å². The summed E-state index contributed by atoms with van der Waals surface area (Å²) in [7, 11) is 1.59. The van der Waals surface area contributed by atoms with Gasteiger partial charge in [0.1, 0.15) is 23.6 Å². The first-order valence-electron chi connectivity index (χ1n) is 8.67. The molecule has 2 aromatic carbocycles. The highest BCUT2D eigenvalue weighted by Crippen LogP contribution is 2.18. The van der Waals surface area contributed by atoms with Gasteiger partial charge in [0.15, 0.2) is 5.78 Å². The first kappa shape index (κ1) is 19.0. The number of hydrogen-bond acceptors (Lipinski definition) is 6. The summed E-state index contributed by atoms with van der Waals surface area (Å²) in [6.07, 6.45) is 1.32. The second kappa shape index (κ2) is 8.77. The third-order valence-corrected chi connectivity index (χ3v) is 4.10. The zero-order chi connectivity index (χ0) is 19.9. The van der Waals surface area contributed by atoms with Crippen molar-refractivity contribution in [2.24, 2.45) is 0 Å². The third kappa shape index (κ3) is 4.70. The lowest BCUT2D eigenvalue weighted by Gasteiger charge is -2.10. The standard InChI is InChI=1S/C21H20N4O3/c1-14(26)15-7-9-17(10-8-15)25-20-11-18(23-13-24-20)21(27)22-12-16-5-3-4-6-19(16)28-2/h3-11,13H,12H2,1-2H3,(H,22,27)(H,23,24,25). The van der Waals surface area contributed by atoms with Crippen LogP contribution in [-0.2, 0) is 6.54 Å². The number of nitrogens with one attached hydrogen (secondary N) is 2. The number of benzene rings is 2. The molecule has 0 radical (unpaired) electrons. The van der Waals surface area contributed by atoms with Crippen LogP contribution < -0.4 is 15.4 Å². The molecular formula is C21H20N4O3. The number of methoxy groups -OCH3 is 1. The highest BCUT2D eigenvalue weighted by atomic mass is 16.5. The SMILES string of the molecule is COc1ccccc1CNC(=O)c1cc(Nc2ccc(C(C)=O)cc2)ncn1. The predicted octanol–water partition coefficient (Wildman–Crippen LogP) is 3.36. The molecule has 0 atom stereocenters. The van der Waals surface area contributed by atoms with Crippen molar-refractivity contribution in [3.63, 3.8) is 0 Å². The number of amides is 1. The van der Waals surface area contributed by atoms with Gasteiger partial charge in [-0.05, 0) is 37.3 Å². The van der Waals surface area contributed by atoms with E-state index in [-0.39, 0.29) is 17.4 Å². The Morgan fingerprint density at radius 1 is 1.04 bits per heavy atom. The number of carbonyl (C=O) groups excluding carboxylic acids is 2. The minimum atomic E-state index is -0.316. The fourth-order valence-electron chi connectivity index (χ4n) is 2.60. The molecule has 142 valence electrons. The molecule has 1 aromatic heterocycles. The van der Waals surface area contributed by atoms with E-state index in [1.54, 1.807) is 37.4 Å². The Kier molecular flexibility index (Phi) is 5.96. The van der Waals surface area contributed by atoms with Crippen LogP contribution in [-0.4, -0.2) is 28.8 Å². The second-order valence-electron chi connectivity index (χ2n) is 6.04. The Labute approximate surface area is 162 Å². The molecule has 3 rings (SSSR count). The monoisotopic (exact) mass is 376 g/mol. The van der Waals surface area contributed by atoms with E-state index in [9.17, 15) is 9.59 Å². The molecule has 0 saturated carbocycles. The van der Waals surface area contributed by atoms with Gasteiger partial charge < -0.3 is 15.4 Å². The number of para-hydroxylation sites is 1. The van der Waals surface area contributed by atoms with Gasteiger partial charge in [-0.2, -0.15) is 0 Å². The number of ether oxygens (including phenoxy) is 1. The van der Waals surface area contributed by atoms with Gasteiger partial charge in [-0.1, -0.05) is 18.2 Å². The molecule has 1 heterocycles. The maximum Gasteiger partial charge on any atom is 0.270 e. The highest BCUT2D eigenvalue weighted by Gasteiger charge is 2.10. The van der Waals surface area contributed by atoms with Crippen LogP contribution in [0.2, 0.25) is 0 Å². The number of aromatic nitrogens is 2. The van der Waals surface area contributed by atoms with Crippen molar-refractivity contribution in [1.82, 2.24) is 15.3 Å². The molecule has 0 spiro atoms. The van der Waals surface area contributed by atoms with Crippen molar-refractivity contribution < 1.29 is 14.3 Å². The number of nitrogens with zero attached hydrogens (tertiary/aromatic N) is 2. The molecule has 7 heteroatoms. The molecule has 0 aliphatic rings. The topological polar surface area (TPSA) is 93.2 Å². The van der Waals surface area contributed by atoms with Crippen molar-refractivity contribution in [2.75, 3.05) is 12.4 Å². The van der Waals surface area contributed by atoms with Crippen LogP contribution >= 0.6 is 0 Å². The smallest absolute Gasteiger partial charge is 0.270 e. The molecule has 0 aliphatic carbocycles. The molecule has 0 bridgehead atoms. The molecule has 0 aliphatic heterocycles. The van der Waals surface area contributed by atoms with E-state index >= 15 is 0 Å². The van der Waals surface area contributed by atoms with Crippen molar-refractivity contribution in [3.8, 4) is 5.75 Å². The van der Waals surface area contributed by atoms with Gasteiger partial charge in [0.05, 0.1) is 7.11 Å². The fourth-order valence-corrected chi connectivity index (χ4v) is 2.60. The number of ketones is 1. The Morgan fingerprint density at radius 2 is 1.79 bits per heavy atom. The van der Waals surface area contributed by atoms with Gasteiger partial charge in [-0.3, -0.25) is 9.59 Å². The van der Waals surface area contributed by atoms with Gasteiger partial charge in [-0.25, -0.2) is 9.97 Å². The summed E-state index contributed by atoms with van der Waals surface area (Å²) in [5.74, 6) is 0.876. The summed E-state index contributed by atoms with van der Waals surface area (Å²) in [5.41, 5.74) is 2.50. The van der Waals surface area contributed by atoms with Crippen LogP contribution in [0.5, 0.6) is 5.75 Å². The van der Waals surface area contributed by atoms with Gasteiger partial charge in [0, 0.05) is 29.4 Å². The minimum Gasteiger partial charge on any atom is -0.496 e. The van der Waals surface area contributed by atoms with E-state index < -0.39 is 0 Å². The van der Waals surface area contributed by atoms with Crippen LogP contribution in [0.15, 0.2) is 60.9 Å². The average Bonchev–Trinajstić information content (AvgIpc) is 2.72. The first-order valence-corrected chi connectivity index (χ1v) is 8.67. The molecule has 3 aromatic rings. The average molecular weight is 376 g/mol. The van der Waals surface area contributed by atoms with Crippen molar-refractivity contribution in [3.05, 3.63) is 77.7 Å². The van der Waals surface area contributed by atoms with Crippen molar-refractivity contribution in [1.29, 1.82) is 0 Å². The quantitative estimate of drug-likeness (QED) is 0.614. The Bertz CT molecular complexity index is 987. The zero-order valence-electron chi connectivity index (χ0n) is 15.6. The fraction of sp³-hybridized carbons (Fsp3) is 0.143. The third-order valence-electron chi connectivity index (χ3n) is 4.10. The summed E-state index contributed by atoms with van der Waals surface area (Å²) in [4.78, 5) is 31.9. The van der Waals surface area contributed by atoms with Gasteiger partial charge in [0.2, 0.25) is 0 Å². The van der Waals surface area contributed by atoms with Crippen LogP contribution in [0.1, 0.15) is 33.3 Å². The van der Waals surface area contributed by atoms with Gasteiger partial charge in [-0.15, -0.1) is 0 Å². The van der Waals surface area contributed by atoms with E-state index in [0.717, 1.165) is 11.3 Å². The van der Waals surface area contributed by atoms with Crippen LogP contribution in [0.3, 0.4) is 0 Å². The first-order chi connectivity index (χ1) is 13.6. The van der Waals surface area contributed by atoms with Gasteiger partial charge >= 0.3 is 0 Å². The van der Waals surface area contributed by atoms with Crippen molar-refractivity contribution >= 4 is 23.2 Å². The summed E-state index contributed by atoms with van der Waals surface area (Å²) in [6.45, 7) is 1.84. The number of Topliss-reactive ketones (excluding diaryl/α,β-unsaturated/α-hetero) is 1. The molecule has 0 fully saturated rings. The largest absolute Gasteiger partial charge is 0.496 e. The molecule has 2 N–H and O–H groups in total. The lowest BCUT2D eigenvalue weighted by atomic mass is 10.1. The number of hydrogen-bond donors (Lipinski definition) is 2. The van der Waals surface area contributed by atoms with Gasteiger partial charge in [0.25, 0.3) is 5.91 Å². The number of carbonyl (C=O) groups is 2. The lowest BCUT2D eigenvalue weighted by Crippen LogP contribution is -2.24. The normalized spacial score (nSPS) is 10.2. The van der Waals surface area contributed by atoms with E-state index in [2.05, 4.69) is 20.6 Å². The Hall–Kier alpha value is -3.74. The lowest BCUT2D eigenvalue weighted by molar-refractivity contribution is 0.0944. The summed E-state index contributed by atoms with van der Waals surface area (Å²) >= 11 is 0. The molecule has 1 amide bonds. The van der Waals surface area contributed by atoms with E-state index in [0.29, 0.717) is 23.7 Å². The molecule has 0 saturated heterocycles. The highest BCUT2D eigenvalue weighted by molar-refractivity contribution is 5.94. The maximum atomic E-state index is 12.4. The minimum absolute atomic E-state index is 0.00240. The summed E-state index contributed by atoms with van der Waals surface area (Å²) in [6, 6.07) is 16.1. The van der Waals surface area contributed by atoms with Crippen LogP contribution in [0, 0.1) is 0 Å². The van der Waals surface area contributed by atoms with Crippen LogP contribution in [0.25, 0.3) is 0 Å². The summed E-state index contributed by atoms with van der Waals surface area (Å²) < 4.78 is 5.28. The maximum absolute atomic E-state index is 12.4. The van der Waals surface area contributed by atoms with E-state index in [1.165, 1.54) is 13.3 Å². The molecular weight excluding hydrogens is 356 g/mol. The van der Waals surface area contributed by atoms with E-state index in [4.69, 9.17) is 4.74 Å². The Morgan fingerprint density at radius 3 is 2.50 bits per heavy atom. The summed E-state index contributed by atoms with van der Waals surface area (Å²) in [5, 5.41) is 5.92. The predicted molar refractivity (Wildman–Crippen MR) is 106 cm³/mol. The molecule has 28 heavy (non-hydrogen) atoms. The zero-order valence-corrected chi connectivity index (χ0v) is 15.6.